The molecular formula is C32H39N3O7. The Morgan fingerprint density at radius 2 is 1.95 bits per heavy atom. The zero-order chi connectivity index (χ0) is 30.8. The molecule has 1 aliphatic rings. The second-order valence-electron chi connectivity index (χ2n) is 11.6. The standard InChI is InChI=1S/C32H39N3O7/c1-8-21-22-13-20(41-17-19(11-12-34(5)6)31(39)42-32(2,3)4)9-10-26(22)33-29-24(21)15-35-27(29)14-23(28(37)16-36)25(18-40-7)30(35)38/h9-11,13-14,16,28,37H,8,12,15,17-18H2,1-7H3/b19-11+. The minimum absolute atomic E-state index is 0.0271. The number of aromatic nitrogens is 2. The molecule has 10 heteroatoms. The Balaban J connectivity index is 1.72. The Labute approximate surface area is 245 Å². The quantitative estimate of drug-likeness (QED) is 0.162. The number of ether oxygens (including phenoxy) is 3. The lowest BCUT2D eigenvalue weighted by Gasteiger charge is -2.21. The number of likely N-dealkylation sites (N-methyl/N-ethyl adjacent to an activating group) is 1. The zero-order valence-corrected chi connectivity index (χ0v) is 25.3. The number of fused-ring (bicyclic) bond motifs is 4. The van der Waals surface area contributed by atoms with Crippen LogP contribution in [0.2, 0.25) is 0 Å². The molecule has 3 aromatic rings. The average Bonchev–Trinajstić information content (AvgIpc) is 3.29. The second-order valence-corrected chi connectivity index (χ2v) is 11.6. The molecule has 1 N–H and O–H groups in total. The van der Waals surface area contributed by atoms with Crippen LogP contribution in [0.4, 0.5) is 0 Å². The number of pyridine rings is 2. The SMILES string of the molecule is CCc1c2c(nc3ccc(OC/C(=C\CN(C)C)C(=O)OC(C)(C)C)cc13)-c1cc(C(O)C=O)c(COC)c(=O)n1C2. The number of aliphatic hydroxyl groups is 1. The summed E-state index contributed by atoms with van der Waals surface area (Å²) in [5, 5.41) is 11.2. The lowest BCUT2D eigenvalue weighted by molar-refractivity contribution is -0.150. The smallest absolute Gasteiger partial charge is 0.337 e. The number of methoxy groups -OCH3 is 1. The van der Waals surface area contributed by atoms with E-state index in [1.165, 1.54) is 7.11 Å². The first-order valence-corrected chi connectivity index (χ1v) is 13.9. The Morgan fingerprint density at radius 3 is 2.57 bits per heavy atom. The molecule has 1 aliphatic heterocycles. The predicted octanol–water partition coefficient (Wildman–Crippen LogP) is 3.57. The minimum atomic E-state index is -1.44. The Bertz CT molecular complexity index is 1600. The van der Waals surface area contributed by atoms with Crippen molar-refractivity contribution in [3.8, 4) is 17.1 Å². The van der Waals surface area contributed by atoms with Crippen molar-refractivity contribution in [1.29, 1.82) is 0 Å². The molecule has 0 amide bonds. The van der Waals surface area contributed by atoms with Crippen molar-refractivity contribution < 1.29 is 28.9 Å². The summed E-state index contributed by atoms with van der Waals surface area (Å²) in [6.45, 7) is 8.40. The lowest BCUT2D eigenvalue weighted by Crippen LogP contribution is -2.27. The lowest BCUT2D eigenvalue weighted by atomic mass is 9.98. The maximum absolute atomic E-state index is 13.5. The molecule has 0 spiro atoms. The molecule has 224 valence electrons. The van der Waals surface area contributed by atoms with E-state index in [-0.39, 0.29) is 29.9 Å². The van der Waals surface area contributed by atoms with Crippen molar-refractivity contribution in [2.24, 2.45) is 0 Å². The highest BCUT2D eigenvalue weighted by molar-refractivity contribution is 5.90. The summed E-state index contributed by atoms with van der Waals surface area (Å²) in [6.07, 6.45) is 1.44. The largest absolute Gasteiger partial charge is 0.489 e. The number of hydrogen-bond donors (Lipinski definition) is 1. The van der Waals surface area contributed by atoms with Crippen molar-refractivity contribution >= 4 is 23.2 Å². The Hall–Kier alpha value is -3.86. The number of carbonyl (C=O) groups is 2. The maximum atomic E-state index is 13.5. The van der Waals surface area contributed by atoms with Gasteiger partial charge in [-0.1, -0.05) is 13.0 Å². The van der Waals surface area contributed by atoms with Crippen LogP contribution in [0, 0.1) is 0 Å². The van der Waals surface area contributed by atoms with E-state index in [4.69, 9.17) is 19.2 Å². The van der Waals surface area contributed by atoms with Crippen molar-refractivity contribution in [1.82, 2.24) is 14.5 Å². The van der Waals surface area contributed by atoms with Gasteiger partial charge in [-0.3, -0.25) is 4.79 Å². The van der Waals surface area contributed by atoms with Crippen LogP contribution in [0.5, 0.6) is 5.75 Å². The average molecular weight is 578 g/mol. The number of esters is 1. The Morgan fingerprint density at radius 1 is 1.21 bits per heavy atom. The van der Waals surface area contributed by atoms with Crippen LogP contribution in [0.1, 0.15) is 56.1 Å². The molecule has 10 nitrogen and oxygen atoms in total. The van der Waals surface area contributed by atoms with Crippen LogP contribution in [-0.2, 0) is 38.6 Å². The van der Waals surface area contributed by atoms with E-state index in [1.54, 1.807) is 16.7 Å². The van der Waals surface area contributed by atoms with Crippen LogP contribution < -0.4 is 10.3 Å². The molecule has 0 radical (unpaired) electrons. The van der Waals surface area contributed by atoms with E-state index < -0.39 is 17.7 Å². The molecule has 2 aromatic heterocycles. The number of aliphatic hydroxyl groups excluding tert-OH is 1. The van der Waals surface area contributed by atoms with Gasteiger partial charge in [0.15, 0.2) is 6.29 Å². The van der Waals surface area contributed by atoms with Gasteiger partial charge in [-0.2, -0.15) is 0 Å². The van der Waals surface area contributed by atoms with E-state index in [0.717, 1.165) is 16.5 Å². The van der Waals surface area contributed by atoms with Crippen LogP contribution in [0.15, 0.2) is 40.7 Å². The summed E-state index contributed by atoms with van der Waals surface area (Å²) in [7, 11) is 5.29. The van der Waals surface area contributed by atoms with Gasteiger partial charge in [0.1, 0.15) is 24.1 Å². The van der Waals surface area contributed by atoms with Gasteiger partial charge in [-0.15, -0.1) is 0 Å². The van der Waals surface area contributed by atoms with Crippen molar-refractivity contribution in [2.75, 3.05) is 34.4 Å². The van der Waals surface area contributed by atoms with Gasteiger partial charge in [-0.25, -0.2) is 9.78 Å². The number of nitrogens with zero attached hydrogens (tertiary/aromatic N) is 3. The van der Waals surface area contributed by atoms with Crippen molar-refractivity contribution in [3.05, 3.63) is 68.5 Å². The number of aryl methyl sites for hydroxylation is 1. The molecular weight excluding hydrogens is 538 g/mol. The van der Waals surface area contributed by atoms with Gasteiger partial charge >= 0.3 is 5.97 Å². The fourth-order valence-electron chi connectivity index (χ4n) is 5.07. The van der Waals surface area contributed by atoms with Gasteiger partial charge in [0, 0.05) is 35.7 Å². The molecule has 1 unspecified atom stereocenters. The third kappa shape index (κ3) is 6.46. The van der Waals surface area contributed by atoms with Crippen LogP contribution >= 0.6 is 0 Å². The molecule has 0 bridgehead atoms. The molecule has 42 heavy (non-hydrogen) atoms. The molecule has 0 fully saturated rings. The highest BCUT2D eigenvalue weighted by atomic mass is 16.6. The molecule has 1 aromatic carbocycles. The number of rotatable bonds is 11. The number of benzene rings is 1. The summed E-state index contributed by atoms with van der Waals surface area (Å²) < 4.78 is 18.5. The van der Waals surface area contributed by atoms with E-state index in [1.807, 2.05) is 64.9 Å². The maximum Gasteiger partial charge on any atom is 0.337 e. The number of aldehydes is 1. The van der Waals surface area contributed by atoms with Gasteiger partial charge in [0.25, 0.3) is 5.56 Å². The number of hydrogen-bond acceptors (Lipinski definition) is 9. The van der Waals surface area contributed by atoms with Crippen molar-refractivity contribution in [2.45, 2.75) is 59.0 Å². The van der Waals surface area contributed by atoms with E-state index >= 15 is 0 Å². The first-order chi connectivity index (χ1) is 19.9. The number of carbonyl (C=O) groups excluding carboxylic acids is 2. The zero-order valence-electron chi connectivity index (χ0n) is 25.3. The molecule has 4 rings (SSSR count). The van der Waals surface area contributed by atoms with Gasteiger partial charge < -0.3 is 33.6 Å². The minimum Gasteiger partial charge on any atom is -0.489 e. The third-order valence-electron chi connectivity index (χ3n) is 7.02. The highest BCUT2D eigenvalue weighted by Crippen LogP contribution is 2.38. The summed E-state index contributed by atoms with van der Waals surface area (Å²) in [6, 6.07) is 7.21. The van der Waals surface area contributed by atoms with E-state index in [0.29, 0.717) is 54.0 Å². The predicted molar refractivity (Wildman–Crippen MR) is 160 cm³/mol. The summed E-state index contributed by atoms with van der Waals surface area (Å²) >= 11 is 0. The van der Waals surface area contributed by atoms with E-state index in [9.17, 15) is 19.5 Å². The van der Waals surface area contributed by atoms with Gasteiger partial charge in [-0.05, 0) is 71.1 Å². The molecule has 0 saturated heterocycles. The van der Waals surface area contributed by atoms with Crippen LogP contribution in [0.25, 0.3) is 22.3 Å². The fraction of sp³-hybridized carbons (Fsp3) is 0.438. The molecule has 1 atom stereocenters. The first-order valence-electron chi connectivity index (χ1n) is 13.9. The van der Waals surface area contributed by atoms with Crippen LogP contribution in [0.3, 0.4) is 0 Å². The van der Waals surface area contributed by atoms with Crippen molar-refractivity contribution in [3.63, 3.8) is 0 Å². The normalized spacial score (nSPS) is 13.7. The molecule has 3 heterocycles. The monoisotopic (exact) mass is 577 g/mol. The van der Waals surface area contributed by atoms with E-state index in [2.05, 4.69) is 0 Å². The summed E-state index contributed by atoms with van der Waals surface area (Å²) in [4.78, 5) is 44.6. The van der Waals surface area contributed by atoms with Crippen LogP contribution in [-0.4, -0.2) is 71.8 Å². The molecule has 0 saturated carbocycles. The highest BCUT2D eigenvalue weighted by Gasteiger charge is 2.29. The van der Waals surface area contributed by atoms with Gasteiger partial charge in [0.05, 0.1) is 35.6 Å². The first kappa shape index (κ1) is 31.1. The second kappa shape index (κ2) is 12.6. The molecule has 0 aliphatic carbocycles. The summed E-state index contributed by atoms with van der Waals surface area (Å²) in [5.41, 5.74) is 3.78. The fourth-order valence-corrected chi connectivity index (χ4v) is 5.07. The Kier molecular flexibility index (Phi) is 9.30. The third-order valence-corrected chi connectivity index (χ3v) is 7.02. The topological polar surface area (TPSA) is 120 Å². The van der Waals surface area contributed by atoms with Gasteiger partial charge in [0.2, 0.25) is 0 Å². The summed E-state index contributed by atoms with van der Waals surface area (Å²) in [5.74, 6) is 0.152.